The van der Waals surface area contributed by atoms with Gasteiger partial charge in [0.2, 0.25) is 0 Å². The third-order valence-corrected chi connectivity index (χ3v) is 4.46. The van der Waals surface area contributed by atoms with Crippen molar-refractivity contribution in [1.82, 2.24) is 5.32 Å². The normalized spacial score (nSPS) is 12.2. The van der Waals surface area contributed by atoms with Crippen LogP contribution in [0.5, 0.6) is 5.75 Å². The second-order valence-corrected chi connectivity index (χ2v) is 5.87. The fourth-order valence-electron chi connectivity index (χ4n) is 2.27. The summed E-state index contributed by atoms with van der Waals surface area (Å²) in [5.74, 6) is 0.789. The Balaban J connectivity index is 2.36. The van der Waals surface area contributed by atoms with E-state index in [9.17, 15) is 0 Å². The van der Waals surface area contributed by atoms with Crippen molar-refractivity contribution < 1.29 is 4.74 Å². The molecule has 1 atom stereocenters. The van der Waals surface area contributed by atoms with Gasteiger partial charge in [-0.05, 0) is 43.3 Å². The highest BCUT2D eigenvalue weighted by Gasteiger charge is 2.17. The van der Waals surface area contributed by atoms with E-state index >= 15 is 0 Å². The molecule has 0 bridgehead atoms. The Labute approximate surface area is 140 Å². The molecule has 5 heteroatoms. The van der Waals surface area contributed by atoms with Crippen LogP contribution in [0.2, 0.25) is 15.1 Å². The number of hydrogen-bond acceptors (Lipinski definition) is 2. The van der Waals surface area contributed by atoms with Crippen LogP contribution in [0, 0.1) is 0 Å². The summed E-state index contributed by atoms with van der Waals surface area (Å²) < 4.78 is 5.42. The van der Waals surface area contributed by atoms with E-state index < -0.39 is 0 Å². The average Bonchev–Trinajstić information content (AvgIpc) is 2.49. The molecule has 1 unspecified atom stereocenters. The van der Waals surface area contributed by atoms with Crippen molar-refractivity contribution in [2.24, 2.45) is 0 Å². The summed E-state index contributed by atoms with van der Waals surface area (Å²) in [4.78, 5) is 0. The Morgan fingerprint density at radius 3 is 2.57 bits per heavy atom. The first-order valence-corrected chi connectivity index (χ1v) is 7.63. The molecule has 2 nitrogen and oxygen atoms in total. The van der Waals surface area contributed by atoms with Gasteiger partial charge in [-0.2, -0.15) is 0 Å². The lowest BCUT2D eigenvalue weighted by molar-refractivity contribution is 0.401. The van der Waals surface area contributed by atoms with Crippen LogP contribution in [0.1, 0.15) is 17.2 Å². The molecule has 0 saturated heterocycles. The third kappa shape index (κ3) is 3.83. The molecular weight excluding hydrogens is 329 g/mol. The fraction of sp³-hybridized carbons (Fsp3) is 0.250. The summed E-state index contributed by atoms with van der Waals surface area (Å²) >= 11 is 18.4. The first kappa shape index (κ1) is 16.4. The van der Waals surface area contributed by atoms with E-state index in [1.807, 2.05) is 37.4 Å². The van der Waals surface area contributed by atoms with Crippen molar-refractivity contribution in [1.29, 1.82) is 0 Å². The van der Waals surface area contributed by atoms with Crippen molar-refractivity contribution in [3.05, 3.63) is 62.6 Å². The molecule has 112 valence electrons. The van der Waals surface area contributed by atoms with Crippen molar-refractivity contribution in [3.63, 3.8) is 0 Å². The summed E-state index contributed by atoms with van der Waals surface area (Å²) in [7, 11) is 3.54. The van der Waals surface area contributed by atoms with Gasteiger partial charge in [0.15, 0.2) is 0 Å². The Hall–Kier alpha value is -0.930. The van der Waals surface area contributed by atoms with Crippen molar-refractivity contribution >= 4 is 34.8 Å². The van der Waals surface area contributed by atoms with Crippen LogP contribution in [0.15, 0.2) is 36.4 Å². The molecule has 0 amide bonds. The Morgan fingerprint density at radius 2 is 1.90 bits per heavy atom. The predicted octanol–water partition coefficient (Wildman–Crippen LogP) is 5.16. The van der Waals surface area contributed by atoms with Gasteiger partial charge in [0.05, 0.1) is 17.2 Å². The summed E-state index contributed by atoms with van der Waals surface area (Å²) in [6, 6.07) is 11.2. The molecule has 2 aromatic rings. The minimum absolute atomic E-state index is 0.0228. The van der Waals surface area contributed by atoms with Crippen molar-refractivity contribution in [3.8, 4) is 5.75 Å². The number of nitrogens with one attached hydrogen (secondary N) is 1. The lowest BCUT2D eigenvalue weighted by atomic mass is 9.98. The van der Waals surface area contributed by atoms with Crippen LogP contribution in [0.25, 0.3) is 0 Å². The molecule has 1 N–H and O–H groups in total. The Kier molecular flexibility index (Phi) is 5.77. The van der Waals surface area contributed by atoms with E-state index in [-0.39, 0.29) is 6.04 Å². The van der Waals surface area contributed by atoms with Gasteiger partial charge >= 0.3 is 0 Å². The highest BCUT2D eigenvalue weighted by atomic mass is 35.5. The third-order valence-electron chi connectivity index (χ3n) is 3.37. The zero-order valence-electron chi connectivity index (χ0n) is 11.8. The number of likely N-dealkylation sites (N-methyl/N-ethyl adjacent to an activating group) is 1. The van der Waals surface area contributed by atoms with Gasteiger partial charge in [-0.25, -0.2) is 0 Å². The molecule has 0 aliphatic rings. The number of rotatable bonds is 5. The second-order valence-electron chi connectivity index (χ2n) is 4.64. The van der Waals surface area contributed by atoms with E-state index in [0.717, 1.165) is 16.9 Å². The summed E-state index contributed by atoms with van der Waals surface area (Å²) in [6.07, 6.45) is 0.687. The lowest BCUT2D eigenvalue weighted by Crippen LogP contribution is -2.19. The van der Waals surface area contributed by atoms with E-state index in [1.165, 1.54) is 0 Å². The zero-order chi connectivity index (χ0) is 15.4. The highest BCUT2D eigenvalue weighted by molar-refractivity contribution is 6.42. The molecule has 0 radical (unpaired) electrons. The van der Waals surface area contributed by atoms with Crippen LogP contribution < -0.4 is 10.1 Å². The summed E-state index contributed by atoms with van der Waals surface area (Å²) in [5.41, 5.74) is 1.97. The first-order chi connectivity index (χ1) is 10.1. The maximum Gasteiger partial charge on any atom is 0.123 e. The van der Waals surface area contributed by atoms with Gasteiger partial charge in [-0.3, -0.25) is 0 Å². The fourth-order valence-corrected chi connectivity index (χ4v) is 2.85. The highest BCUT2D eigenvalue weighted by Crippen LogP contribution is 2.33. The van der Waals surface area contributed by atoms with E-state index in [1.54, 1.807) is 13.2 Å². The van der Waals surface area contributed by atoms with Crippen molar-refractivity contribution in [2.75, 3.05) is 14.2 Å². The topological polar surface area (TPSA) is 21.3 Å². The number of methoxy groups -OCH3 is 1. The molecule has 21 heavy (non-hydrogen) atoms. The van der Waals surface area contributed by atoms with E-state index in [4.69, 9.17) is 39.5 Å². The van der Waals surface area contributed by atoms with Crippen LogP contribution in [0.4, 0.5) is 0 Å². The molecule has 0 aromatic heterocycles. The minimum Gasteiger partial charge on any atom is -0.496 e. The van der Waals surface area contributed by atoms with Gasteiger partial charge < -0.3 is 10.1 Å². The van der Waals surface area contributed by atoms with Gasteiger partial charge in [0.1, 0.15) is 5.75 Å². The van der Waals surface area contributed by atoms with E-state index in [0.29, 0.717) is 21.5 Å². The van der Waals surface area contributed by atoms with Gasteiger partial charge in [-0.1, -0.05) is 46.9 Å². The van der Waals surface area contributed by atoms with Crippen LogP contribution in [-0.2, 0) is 6.42 Å². The molecule has 2 aromatic carbocycles. The smallest absolute Gasteiger partial charge is 0.123 e. The molecular formula is C16H16Cl3NO. The molecule has 0 fully saturated rings. The SMILES string of the molecule is CNC(Cc1cccc(Cl)c1Cl)c1cc(Cl)ccc1OC. The number of benzene rings is 2. The van der Waals surface area contributed by atoms with Crippen molar-refractivity contribution in [2.45, 2.75) is 12.5 Å². The quantitative estimate of drug-likeness (QED) is 0.809. The molecule has 0 saturated carbocycles. The predicted molar refractivity (Wildman–Crippen MR) is 90.0 cm³/mol. The Bertz CT molecular complexity index is 631. The molecule has 0 heterocycles. The maximum atomic E-state index is 6.27. The second kappa shape index (κ2) is 7.37. The van der Waals surface area contributed by atoms with Crippen LogP contribution >= 0.6 is 34.8 Å². The maximum absolute atomic E-state index is 6.27. The molecule has 2 rings (SSSR count). The first-order valence-electron chi connectivity index (χ1n) is 6.50. The minimum atomic E-state index is 0.0228. The molecule has 0 aliphatic heterocycles. The largest absolute Gasteiger partial charge is 0.496 e. The molecule has 0 aliphatic carbocycles. The van der Waals surface area contributed by atoms with Crippen LogP contribution in [-0.4, -0.2) is 14.2 Å². The average molecular weight is 345 g/mol. The standard InChI is InChI=1S/C16H16Cl3NO/c1-20-14(8-10-4-3-5-13(18)16(10)19)12-9-11(17)6-7-15(12)21-2/h3-7,9,14,20H,8H2,1-2H3. The monoisotopic (exact) mass is 343 g/mol. The molecule has 0 spiro atoms. The van der Waals surface area contributed by atoms with Gasteiger partial charge in [0.25, 0.3) is 0 Å². The Morgan fingerprint density at radius 1 is 1.14 bits per heavy atom. The number of hydrogen-bond donors (Lipinski definition) is 1. The van der Waals surface area contributed by atoms with Crippen LogP contribution in [0.3, 0.4) is 0 Å². The number of ether oxygens (including phenoxy) is 1. The summed E-state index contributed by atoms with van der Waals surface area (Å²) in [6.45, 7) is 0. The number of halogens is 3. The summed E-state index contributed by atoms with van der Waals surface area (Å²) in [5, 5.41) is 5.09. The van der Waals surface area contributed by atoms with Gasteiger partial charge in [-0.15, -0.1) is 0 Å². The zero-order valence-corrected chi connectivity index (χ0v) is 14.1. The lowest BCUT2D eigenvalue weighted by Gasteiger charge is -2.20. The van der Waals surface area contributed by atoms with E-state index in [2.05, 4.69) is 5.32 Å². The van der Waals surface area contributed by atoms with Gasteiger partial charge in [0, 0.05) is 16.6 Å².